The number of hydrogen-bond donors (Lipinski definition) is 2. The molecule has 0 bridgehead atoms. The molecule has 0 saturated carbocycles. The van der Waals surface area contributed by atoms with Crippen LogP contribution in [0.4, 0.5) is 26.3 Å². The van der Waals surface area contributed by atoms with Gasteiger partial charge in [0.25, 0.3) is 5.91 Å². The van der Waals surface area contributed by atoms with Crippen LogP contribution in [0.5, 0.6) is 0 Å². The van der Waals surface area contributed by atoms with E-state index in [1.54, 1.807) is 6.20 Å². The number of carbonyl (C=O) groups is 1. The van der Waals surface area contributed by atoms with Gasteiger partial charge in [0.05, 0.1) is 17.7 Å². The first-order valence-electron chi connectivity index (χ1n) is 11.6. The molecule has 200 valence electrons. The van der Waals surface area contributed by atoms with Gasteiger partial charge >= 0.3 is 12.4 Å². The molecule has 1 fully saturated rings. The molecule has 0 aliphatic carbocycles. The highest BCUT2D eigenvalue weighted by Gasteiger charge is 2.39. The summed E-state index contributed by atoms with van der Waals surface area (Å²) in [5.41, 5.74) is -1.99. The zero-order chi connectivity index (χ0) is 27.1. The molecular formula is C24H21F6N7O. The normalized spacial score (nSPS) is 17.3. The monoisotopic (exact) mass is 537 g/mol. The summed E-state index contributed by atoms with van der Waals surface area (Å²) in [6.07, 6.45) is -7.99. The second kappa shape index (κ2) is 9.74. The lowest BCUT2D eigenvalue weighted by Gasteiger charge is -2.41. The first-order valence-corrected chi connectivity index (χ1v) is 11.6. The number of tetrazole rings is 1. The number of nitrogens with zero attached hydrogens (tertiary/aromatic N) is 5. The molecule has 14 heteroatoms. The number of halogens is 6. The summed E-state index contributed by atoms with van der Waals surface area (Å²) < 4.78 is 80.6. The maximum absolute atomic E-state index is 13.5. The van der Waals surface area contributed by atoms with Crippen molar-refractivity contribution in [1.82, 2.24) is 35.4 Å². The molecule has 3 heterocycles. The molecule has 0 radical (unpaired) electrons. The molecule has 1 atom stereocenters. The summed E-state index contributed by atoms with van der Waals surface area (Å²) in [5, 5.41) is 14.7. The van der Waals surface area contributed by atoms with Gasteiger partial charge in [-0.15, -0.1) is 10.2 Å². The van der Waals surface area contributed by atoms with Gasteiger partial charge in [-0.05, 0) is 36.2 Å². The van der Waals surface area contributed by atoms with Crippen molar-refractivity contribution in [2.24, 2.45) is 0 Å². The first-order chi connectivity index (χ1) is 18.0. The fourth-order valence-electron chi connectivity index (χ4n) is 4.75. The predicted octanol–water partition coefficient (Wildman–Crippen LogP) is 4.29. The van der Waals surface area contributed by atoms with Gasteiger partial charge in [0, 0.05) is 48.3 Å². The Morgan fingerprint density at radius 1 is 1.00 bits per heavy atom. The summed E-state index contributed by atoms with van der Waals surface area (Å²) in [5.74, 6) is -0.478. The second-order valence-corrected chi connectivity index (χ2v) is 9.07. The van der Waals surface area contributed by atoms with E-state index in [0.717, 1.165) is 16.5 Å². The summed E-state index contributed by atoms with van der Waals surface area (Å²) in [6, 6.07) is 7.92. The van der Waals surface area contributed by atoms with E-state index in [-0.39, 0.29) is 12.6 Å². The van der Waals surface area contributed by atoms with Crippen molar-refractivity contribution in [3.8, 4) is 0 Å². The number of rotatable bonds is 5. The number of hydrogen-bond acceptors (Lipinski definition) is 5. The molecule has 38 heavy (non-hydrogen) atoms. The molecule has 2 aromatic heterocycles. The van der Waals surface area contributed by atoms with Crippen LogP contribution in [0.3, 0.4) is 0 Å². The molecule has 1 amide bonds. The summed E-state index contributed by atoms with van der Waals surface area (Å²) in [4.78, 5) is 20.0. The Morgan fingerprint density at radius 2 is 1.71 bits per heavy atom. The van der Waals surface area contributed by atoms with Crippen molar-refractivity contribution in [3.05, 3.63) is 76.7 Å². The number of nitrogens with one attached hydrogen (secondary N) is 2. The zero-order valence-corrected chi connectivity index (χ0v) is 19.6. The average molecular weight is 537 g/mol. The highest BCUT2D eigenvalue weighted by molar-refractivity contribution is 5.95. The fourth-order valence-corrected chi connectivity index (χ4v) is 4.75. The topological polar surface area (TPSA) is 93.8 Å². The Balaban J connectivity index is 1.48. The number of carbonyl (C=O) groups excluding carboxylic acids is 1. The molecule has 2 N–H and O–H groups in total. The lowest BCUT2D eigenvalue weighted by atomic mass is 9.98. The van der Waals surface area contributed by atoms with E-state index in [1.807, 2.05) is 29.2 Å². The second-order valence-electron chi connectivity index (χ2n) is 9.07. The van der Waals surface area contributed by atoms with Crippen LogP contribution >= 0.6 is 0 Å². The maximum atomic E-state index is 13.5. The molecule has 4 aromatic rings. The number of alkyl halides is 6. The molecule has 5 rings (SSSR count). The first kappa shape index (κ1) is 25.7. The lowest BCUT2D eigenvalue weighted by molar-refractivity contribution is -0.143. The quantitative estimate of drug-likeness (QED) is 0.371. The van der Waals surface area contributed by atoms with Crippen LogP contribution in [0, 0.1) is 0 Å². The third kappa shape index (κ3) is 5.35. The van der Waals surface area contributed by atoms with Gasteiger partial charge in [0.2, 0.25) is 0 Å². The smallest absolute Gasteiger partial charge is 0.361 e. The molecule has 1 aliphatic heterocycles. The molecule has 1 saturated heterocycles. The van der Waals surface area contributed by atoms with E-state index in [0.29, 0.717) is 44.0 Å². The van der Waals surface area contributed by atoms with Gasteiger partial charge in [0.15, 0.2) is 5.82 Å². The van der Waals surface area contributed by atoms with Gasteiger partial charge in [0.1, 0.15) is 0 Å². The van der Waals surface area contributed by atoms with E-state index < -0.39 is 41.0 Å². The number of piperazine rings is 1. The van der Waals surface area contributed by atoms with Gasteiger partial charge in [-0.25, -0.2) is 0 Å². The van der Waals surface area contributed by atoms with Crippen molar-refractivity contribution in [2.75, 3.05) is 19.6 Å². The van der Waals surface area contributed by atoms with Gasteiger partial charge in [-0.1, -0.05) is 23.4 Å². The molecule has 0 unspecified atom stereocenters. The highest BCUT2D eigenvalue weighted by atomic mass is 19.4. The average Bonchev–Trinajstić information content (AvgIpc) is 3.53. The Morgan fingerprint density at radius 3 is 2.37 bits per heavy atom. The van der Waals surface area contributed by atoms with Crippen molar-refractivity contribution in [1.29, 1.82) is 0 Å². The molecule has 1 aliphatic rings. The third-order valence-electron chi connectivity index (χ3n) is 6.55. The number of aromatic amines is 2. The predicted molar refractivity (Wildman–Crippen MR) is 123 cm³/mol. The number of aromatic nitrogens is 5. The van der Waals surface area contributed by atoms with Crippen LogP contribution in [0.15, 0.2) is 48.7 Å². The van der Waals surface area contributed by atoms with Crippen molar-refractivity contribution < 1.29 is 31.1 Å². The number of para-hydroxylation sites is 1. The van der Waals surface area contributed by atoms with Crippen LogP contribution in [-0.2, 0) is 25.3 Å². The van der Waals surface area contributed by atoms with Crippen LogP contribution in [-0.4, -0.2) is 67.0 Å². The van der Waals surface area contributed by atoms with Crippen molar-refractivity contribution >= 4 is 16.8 Å². The molecule has 2 aromatic carbocycles. The van der Waals surface area contributed by atoms with Crippen LogP contribution in [0.1, 0.15) is 32.9 Å². The number of H-pyrrole nitrogens is 2. The summed E-state index contributed by atoms with van der Waals surface area (Å²) in [6.45, 7) is 1.01. The van der Waals surface area contributed by atoms with Crippen molar-refractivity contribution in [3.63, 3.8) is 0 Å². The standard InChI is InChI=1S/C24H21F6N7O/c25-23(26,27)16-7-14(8-17(10-16)24(28,29)30)22(38)37-6-5-36(13-21-32-34-35-33-21)12-18(37)9-15-11-31-20-4-2-1-3-19(15)20/h1-4,7-8,10-11,18,31H,5-6,9,12-13H2,(H,32,33,34,35)/t18-/m1/s1. The minimum absolute atomic E-state index is 0.0169. The highest BCUT2D eigenvalue weighted by Crippen LogP contribution is 2.37. The molecular weight excluding hydrogens is 516 g/mol. The minimum atomic E-state index is -5.05. The third-order valence-corrected chi connectivity index (χ3v) is 6.55. The van der Waals surface area contributed by atoms with Crippen LogP contribution in [0.25, 0.3) is 10.9 Å². The number of benzene rings is 2. The Kier molecular flexibility index (Phi) is 6.59. The Hall–Kier alpha value is -3.94. The van der Waals surface area contributed by atoms with E-state index in [1.165, 1.54) is 4.90 Å². The number of amides is 1. The van der Waals surface area contributed by atoms with Crippen LogP contribution < -0.4 is 0 Å². The lowest BCUT2D eigenvalue weighted by Crippen LogP contribution is -2.55. The minimum Gasteiger partial charge on any atom is -0.361 e. The van der Waals surface area contributed by atoms with Gasteiger partial charge in [-0.2, -0.15) is 31.6 Å². The Bertz CT molecular complexity index is 1400. The van der Waals surface area contributed by atoms with E-state index in [2.05, 4.69) is 25.6 Å². The van der Waals surface area contributed by atoms with Gasteiger partial charge < -0.3 is 9.88 Å². The van der Waals surface area contributed by atoms with E-state index >= 15 is 0 Å². The molecule has 0 spiro atoms. The fraction of sp³-hybridized carbons (Fsp3) is 0.333. The maximum Gasteiger partial charge on any atom is 0.416 e. The Labute approximate surface area is 211 Å². The summed E-state index contributed by atoms with van der Waals surface area (Å²) in [7, 11) is 0. The summed E-state index contributed by atoms with van der Waals surface area (Å²) >= 11 is 0. The van der Waals surface area contributed by atoms with Crippen molar-refractivity contribution in [2.45, 2.75) is 31.4 Å². The largest absolute Gasteiger partial charge is 0.416 e. The molecule has 8 nitrogen and oxygen atoms in total. The SMILES string of the molecule is O=C(c1cc(C(F)(F)F)cc(C(F)(F)F)c1)N1CCN(Cc2nn[nH]n2)C[C@H]1Cc1c[nH]c2ccccc12. The van der Waals surface area contributed by atoms with E-state index in [4.69, 9.17) is 0 Å². The van der Waals surface area contributed by atoms with Crippen LogP contribution in [0.2, 0.25) is 0 Å². The van der Waals surface area contributed by atoms with Gasteiger partial charge in [-0.3, -0.25) is 9.69 Å². The number of fused-ring (bicyclic) bond motifs is 1. The van der Waals surface area contributed by atoms with E-state index in [9.17, 15) is 31.1 Å². The zero-order valence-electron chi connectivity index (χ0n) is 19.6.